The van der Waals surface area contributed by atoms with E-state index < -0.39 is 17.0 Å². The molecule has 4 amide bonds. The maximum Gasteiger partial charge on any atom is 0.322 e. The van der Waals surface area contributed by atoms with E-state index in [1.54, 1.807) is 0 Å². The van der Waals surface area contributed by atoms with Gasteiger partial charge in [-0.2, -0.15) is 0 Å². The number of nitrogens with one attached hydrogen (secondary N) is 3. The van der Waals surface area contributed by atoms with Crippen LogP contribution in [-0.4, -0.2) is 41.1 Å². The van der Waals surface area contributed by atoms with Gasteiger partial charge in [-0.3, -0.25) is 14.9 Å². The lowest BCUT2D eigenvalue weighted by molar-refractivity contribution is -0.128. The molecule has 4 N–H and O–H groups in total. The minimum absolute atomic E-state index is 0.0244. The van der Waals surface area contributed by atoms with Crippen molar-refractivity contribution in [2.75, 3.05) is 6.61 Å². The molecule has 5 fully saturated rings. The molecule has 1 saturated heterocycles. The zero-order chi connectivity index (χ0) is 18.1. The summed E-state index contributed by atoms with van der Waals surface area (Å²) in [5, 5.41) is 17.9. The third-order valence-corrected chi connectivity index (χ3v) is 6.99. The smallest absolute Gasteiger partial charge is 0.322 e. The van der Waals surface area contributed by atoms with Crippen LogP contribution in [0.5, 0.6) is 0 Å². The summed E-state index contributed by atoms with van der Waals surface area (Å²) in [6.45, 7) is -0.141. The number of hydrogen-bond acceptors (Lipinski definition) is 4. The first-order valence-electron chi connectivity index (χ1n) is 9.11. The van der Waals surface area contributed by atoms with Crippen molar-refractivity contribution in [1.82, 2.24) is 16.0 Å². The summed E-state index contributed by atoms with van der Waals surface area (Å²) in [5.74, 6) is -0.322. The van der Waals surface area contributed by atoms with E-state index in [9.17, 15) is 19.5 Å². The zero-order valence-corrected chi connectivity index (χ0v) is 14.2. The van der Waals surface area contributed by atoms with Gasteiger partial charge in [-0.1, -0.05) is 30.3 Å². The Bertz CT molecular complexity index is 812. The van der Waals surface area contributed by atoms with Gasteiger partial charge in [-0.05, 0) is 36.7 Å². The van der Waals surface area contributed by atoms with Gasteiger partial charge < -0.3 is 15.7 Å². The lowest BCUT2D eigenvalue weighted by Gasteiger charge is -2.24. The summed E-state index contributed by atoms with van der Waals surface area (Å²) in [7, 11) is 0. The molecule has 1 aromatic rings. The molecule has 7 nitrogen and oxygen atoms in total. The molecule has 1 aliphatic heterocycles. The minimum Gasteiger partial charge on any atom is -0.394 e. The van der Waals surface area contributed by atoms with E-state index in [4.69, 9.17) is 0 Å². The molecule has 6 rings (SSSR count). The molecule has 136 valence electrons. The van der Waals surface area contributed by atoms with Crippen molar-refractivity contribution < 1.29 is 19.5 Å². The molecule has 5 aliphatic rings. The Morgan fingerprint density at radius 2 is 2.08 bits per heavy atom. The molecule has 0 unspecified atom stereocenters. The van der Waals surface area contributed by atoms with E-state index in [1.165, 1.54) is 0 Å². The van der Waals surface area contributed by atoms with Gasteiger partial charge in [0, 0.05) is 5.92 Å². The van der Waals surface area contributed by atoms with E-state index in [-0.39, 0.29) is 42.2 Å². The molecule has 0 radical (unpaired) electrons. The van der Waals surface area contributed by atoms with Gasteiger partial charge in [0.05, 0.1) is 18.1 Å². The summed E-state index contributed by atoms with van der Waals surface area (Å²) in [5.41, 5.74) is -0.414. The number of carbonyl (C=O) groups is 3. The van der Waals surface area contributed by atoms with E-state index >= 15 is 0 Å². The molecule has 4 bridgehead atoms. The first-order valence-corrected chi connectivity index (χ1v) is 9.11. The monoisotopic (exact) mass is 355 g/mol. The highest BCUT2D eigenvalue weighted by atomic mass is 16.3. The fourth-order valence-corrected chi connectivity index (χ4v) is 6.04. The second-order valence-electron chi connectivity index (χ2n) is 8.08. The first-order chi connectivity index (χ1) is 12.5. The Labute approximate surface area is 150 Å². The topological polar surface area (TPSA) is 108 Å². The van der Waals surface area contributed by atoms with Crippen LogP contribution in [0.3, 0.4) is 0 Å². The van der Waals surface area contributed by atoms with Gasteiger partial charge in [-0.25, -0.2) is 4.79 Å². The van der Waals surface area contributed by atoms with E-state index in [1.807, 2.05) is 30.3 Å². The van der Waals surface area contributed by atoms with Crippen LogP contribution in [0.1, 0.15) is 18.4 Å². The van der Waals surface area contributed by atoms with Crippen molar-refractivity contribution in [2.24, 2.45) is 23.2 Å². The van der Waals surface area contributed by atoms with E-state index in [0.29, 0.717) is 12.8 Å². The lowest BCUT2D eigenvalue weighted by atomic mass is 9.88. The number of aliphatic hydroxyl groups is 1. The number of amides is 4. The Hall–Kier alpha value is -2.41. The second-order valence-corrected chi connectivity index (χ2v) is 8.08. The maximum atomic E-state index is 13.1. The predicted molar refractivity (Wildman–Crippen MR) is 90.7 cm³/mol. The van der Waals surface area contributed by atoms with Gasteiger partial charge in [0.15, 0.2) is 0 Å². The highest BCUT2D eigenvalue weighted by Gasteiger charge is 2.90. The lowest BCUT2D eigenvalue weighted by Crippen LogP contribution is -2.51. The molecule has 26 heavy (non-hydrogen) atoms. The molecule has 6 atom stereocenters. The summed E-state index contributed by atoms with van der Waals surface area (Å²) >= 11 is 0. The van der Waals surface area contributed by atoms with Crippen LogP contribution >= 0.6 is 0 Å². The van der Waals surface area contributed by atoms with Crippen molar-refractivity contribution in [2.45, 2.75) is 30.8 Å². The molecule has 4 saturated carbocycles. The van der Waals surface area contributed by atoms with Crippen molar-refractivity contribution in [3.8, 4) is 0 Å². The van der Waals surface area contributed by atoms with Crippen LogP contribution in [0.15, 0.2) is 30.3 Å². The van der Waals surface area contributed by atoms with Crippen LogP contribution < -0.4 is 16.0 Å². The van der Waals surface area contributed by atoms with Crippen LogP contribution in [-0.2, 0) is 16.0 Å². The highest BCUT2D eigenvalue weighted by molar-refractivity contribution is 6.10. The standard InChI is InChI=1S/C19H21N3O4/c23-9-12(6-10-4-2-1-3-5-10)20-15(24)18-8-11-7-13(18)14(18)19(11)16(25)21-17(26)22-19/h1-5,11-14,23H,6-9H2,(H,20,24)(H2,21,22,25,26)/t11-,12-,13+,14+,18-,19-/m1/s1. The summed E-state index contributed by atoms with van der Waals surface area (Å²) < 4.78 is 0. The fraction of sp³-hybridized carbons (Fsp3) is 0.526. The second kappa shape index (κ2) is 5.07. The van der Waals surface area contributed by atoms with Crippen molar-refractivity contribution in [1.29, 1.82) is 0 Å². The normalized spacial score (nSPS) is 39.7. The molecule has 7 heteroatoms. The van der Waals surface area contributed by atoms with Gasteiger partial charge in [0.1, 0.15) is 5.54 Å². The van der Waals surface area contributed by atoms with Crippen molar-refractivity contribution in [3.05, 3.63) is 35.9 Å². The number of carbonyl (C=O) groups excluding carboxylic acids is 3. The first kappa shape index (κ1) is 15.8. The molecule has 4 aliphatic carbocycles. The van der Waals surface area contributed by atoms with Gasteiger partial charge in [0.25, 0.3) is 5.91 Å². The minimum atomic E-state index is -0.896. The Balaban J connectivity index is 1.33. The quantitative estimate of drug-likeness (QED) is 0.555. The molecule has 0 aromatic heterocycles. The van der Waals surface area contributed by atoms with E-state index in [2.05, 4.69) is 16.0 Å². The molecule has 1 spiro atoms. The summed E-state index contributed by atoms with van der Waals surface area (Å²) in [6, 6.07) is 8.90. The van der Waals surface area contributed by atoms with E-state index in [0.717, 1.165) is 12.0 Å². The number of rotatable bonds is 5. The maximum absolute atomic E-state index is 13.1. The largest absolute Gasteiger partial charge is 0.394 e. The van der Waals surface area contributed by atoms with Crippen LogP contribution in [0.2, 0.25) is 0 Å². The van der Waals surface area contributed by atoms with Gasteiger partial charge in [0.2, 0.25) is 5.91 Å². The number of aliphatic hydroxyl groups excluding tert-OH is 1. The van der Waals surface area contributed by atoms with Gasteiger partial charge in [-0.15, -0.1) is 0 Å². The summed E-state index contributed by atoms with van der Waals surface area (Å²) in [4.78, 5) is 37.1. The average molecular weight is 355 g/mol. The van der Waals surface area contributed by atoms with Crippen LogP contribution in [0.4, 0.5) is 4.79 Å². The van der Waals surface area contributed by atoms with Crippen molar-refractivity contribution in [3.63, 3.8) is 0 Å². The average Bonchev–Trinajstić information content (AvgIpc) is 2.98. The predicted octanol–water partition coefficient (Wildman–Crippen LogP) is -0.0596. The fourth-order valence-electron chi connectivity index (χ4n) is 6.04. The molecule has 1 aromatic carbocycles. The molecular formula is C19H21N3O4. The number of imide groups is 1. The number of hydrogen-bond donors (Lipinski definition) is 4. The molecule has 1 heterocycles. The van der Waals surface area contributed by atoms with Crippen LogP contribution in [0.25, 0.3) is 0 Å². The third kappa shape index (κ3) is 1.79. The third-order valence-electron chi connectivity index (χ3n) is 6.99. The van der Waals surface area contributed by atoms with Gasteiger partial charge >= 0.3 is 6.03 Å². The Kier molecular flexibility index (Phi) is 3.08. The SMILES string of the molecule is O=C1NC(=O)[C@@]2(N1)[C@@H]1C[C@H]3[C@H]2[C@@]3(C(=O)N[C@@H](CO)Cc2ccccc2)C1. The Morgan fingerprint density at radius 3 is 2.69 bits per heavy atom. The summed E-state index contributed by atoms with van der Waals surface area (Å²) in [6.07, 6.45) is 1.99. The molecular weight excluding hydrogens is 334 g/mol. The number of benzene rings is 1. The Morgan fingerprint density at radius 1 is 1.31 bits per heavy atom. The number of urea groups is 1. The highest BCUT2D eigenvalue weighted by Crippen LogP contribution is 2.82. The zero-order valence-electron chi connectivity index (χ0n) is 14.2. The van der Waals surface area contributed by atoms with Crippen LogP contribution in [0, 0.1) is 23.2 Å². The van der Waals surface area contributed by atoms with Crippen molar-refractivity contribution >= 4 is 17.8 Å².